The van der Waals surface area contributed by atoms with Crippen molar-refractivity contribution in [2.45, 2.75) is 26.7 Å². The van der Waals surface area contributed by atoms with Crippen LogP contribution in [0.4, 0.5) is 0 Å². The van der Waals surface area contributed by atoms with Gasteiger partial charge in [0, 0.05) is 12.5 Å². The summed E-state index contributed by atoms with van der Waals surface area (Å²) in [7, 11) is 0. The second-order valence-electron chi connectivity index (χ2n) is 4.17. The van der Waals surface area contributed by atoms with Gasteiger partial charge in [-0.25, -0.2) is 0 Å². The van der Waals surface area contributed by atoms with E-state index in [4.69, 9.17) is 0 Å². The maximum absolute atomic E-state index is 10.5. The van der Waals surface area contributed by atoms with Gasteiger partial charge in [-0.15, -0.1) is 0 Å². The fourth-order valence-electron chi connectivity index (χ4n) is 1.79. The lowest BCUT2D eigenvalue weighted by Crippen LogP contribution is -2.36. The van der Waals surface area contributed by atoms with Crippen LogP contribution in [-0.2, 0) is 4.79 Å². The van der Waals surface area contributed by atoms with Crippen LogP contribution in [0.25, 0.3) is 0 Å². The predicted molar refractivity (Wildman–Crippen MR) is 50.1 cm³/mol. The van der Waals surface area contributed by atoms with Gasteiger partial charge in [0.05, 0.1) is 0 Å². The standard InChI is InChI=1S/C10H19NO/c1-9(2)7-11-5-3-10(8-12)4-6-11/h8-10H,3-7H2,1-2H3. The Labute approximate surface area is 74.9 Å². The van der Waals surface area contributed by atoms with Gasteiger partial charge in [0.1, 0.15) is 6.29 Å². The molecule has 0 saturated carbocycles. The summed E-state index contributed by atoms with van der Waals surface area (Å²) in [5, 5.41) is 0. The molecule has 2 heteroatoms. The van der Waals surface area contributed by atoms with Crippen molar-refractivity contribution in [3.63, 3.8) is 0 Å². The van der Waals surface area contributed by atoms with E-state index in [1.54, 1.807) is 0 Å². The summed E-state index contributed by atoms with van der Waals surface area (Å²) in [4.78, 5) is 12.9. The molecule has 1 saturated heterocycles. The maximum Gasteiger partial charge on any atom is 0.123 e. The van der Waals surface area contributed by atoms with Crippen LogP contribution in [0.1, 0.15) is 26.7 Å². The van der Waals surface area contributed by atoms with Crippen molar-refractivity contribution in [3.8, 4) is 0 Å². The summed E-state index contributed by atoms with van der Waals surface area (Å²) in [5.41, 5.74) is 0. The number of hydrogen-bond donors (Lipinski definition) is 0. The first-order chi connectivity index (χ1) is 5.72. The number of carbonyl (C=O) groups is 1. The van der Waals surface area contributed by atoms with Crippen molar-refractivity contribution in [2.24, 2.45) is 11.8 Å². The molecule has 0 amide bonds. The van der Waals surface area contributed by atoms with Crippen molar-refractivity contribution in [2.75, 3.05) is 19.6 Å². The summed E-state index contributed by atoms with van der Waals surface area (Å²) in [6.45, 7) is 7.90. The Balaban J connectivity index is 2.21. The normalized spacial score (nSPS) is 21.6. The zero-order chi connectivity index (χ0) is 8.97. The van der Waals surface area contributed by atoms with Crippen LogP contribution >= 0.6 is 0 Å². The molecule has 0 aliphatic carbocycles. The molecule has 1 heterocycles. The Morgan fingerprint density at radius 3 is 2.42 bits per heavy atom. The lowest BCUT2D eigenvalue weighted by atomic mass is 9.98. The number of nitrogens with zero attached hydrogens (tertiary/aromatic N) is 1. The van der Waals surface area contributed by atoms with Crippen LogP contribution in [0.2, 0.25) is 0 Å². The quantitative estimate of drug-likeness (QED) is 0.597. The number of rotatable bonds is 3. The van der Waals surface area contributed by atoms with Crippen molar-refractivity contribution < 1.29 is 4.79 Å². The minimum Gasteiger partial charge on any atom is -0.303 e. The van der Waals surface area contributed by atoms with Crippen molar-refractivity contribution in [1.29, 1.82) is 0 Å². The highest BCUT2D eigenvalue weighted by Gasteiger charge is 2.18. The van der Waals surface area contributed by atoms with Crippen LogP contribution < -0.4 is 0 Å². The smallest absolute Gasteiger partial charge is 0.123 e. The van der Waals surface area contributed by atoms with Gasteiger partial charge in [-0.2, -0.15) is 0 Å². The molecule has 2 nitrogen and oxygen atoms in total. The zero-order valence-electron chi connectivity index (χ0n) is 8.12. The molecule has 1 fully saturated rings. The van der Waals surface area contributed by atoms with Crippen LogP contribution in [0.5, 0.6) is 0 Å². The fraction of sp³-hybridized carbons (Fsp3) is 0.900. The summed E-state index contributed by atoms with van der Waals surface area (Å²) in [6, 6.07) is 0. The summed E-state index contributed by atoms with van der Waals surface area (Å²) in [6.07, 6.45) is 3.25. The molecule has 0 unspecified atom stereocenters. The van der Waals surface area contributed by atoms with Crippen LogP contribution in [0.15, 0.2) is 0 Å². The van der Waals surface area contributed by atoms with Gasteiger partial charge in [0.2, 0.25) is 0 Å². The molecule has 1 aliphatic heterocycles. The Morgan fingerprint density at radius 1 is 1.42 bits per heavy atom. The molecule has 0 bridgehead atoms. The molecule has 0 atom stereocenters. The number of carbonyl (C=O) groups excluding carboxylic acids is 1. The average Bonchev–Trinajstić information content (AvgIpc) is 2.05. The van der Waals surface area contributed by atoms with Crippen LogP contribution in [0.3, 0.4) is 0 Å². The maximum atomic E-state index is 10.5. The van der Waals surface area contributed by atoms with Gasteiger partial charge >= 0.3 is 0 Å². The van der Waals surface area contributed by atoms with E-state index in [0.29, 0.717) is 5.92 Å². The van der Waals surface area contributed by atoms with Gasteiger partial charge in [0.25, 0.3) is 0 Å². The Hall–Kier alpha value is -0.370. The summed E-state index contributed by atoms with van der Waals surface area (Å²) < 4.78 is 0. The highest BCUT2D eigenvalue weighted by molar-refractivity contribution is 5.53. The predicted octanol–water partition coefficient (Wildman–Crippen LogP) is 1.55. The minimum absolute atomic E-state index is 0.341. The van der Waals surface area contributed by atoms with Gasteiger partial charge in [-0.3, -0.25) is 0 Å². The van der Waals surface area contributed by atoms with Crippen molar-refractivity contribution in [3.05, 3.63) is 0 Å². The van der Waals surface area contributed by atoms with E-state index in [1.807, 2.05) is 0 Å². The fourth-order valence-corrected chi connectivity index (χ4v) is 1.79. The third-order valence-corrected chi connectivity index (χ3v) is 2.45. The molecule has 70 valence electrons. The first kappa shape index (κ1) is 9.72. The van der Waals surface area contributed by atoms with Crippen molar-refractivity contribution >= 4 is 6.29 Å². The highest BCUT2D eigenvalue weighted by atomic mass is 16.1. The molecule has 0 N–H and O–H groups in total. The minimum atomic E-state index is 0.341. The topological polar surface area (TPSA) is 20.3 Å². The highest BCUT2D eigenvalue weighted by Crippen LogP contribution is 2.15. The molecule has 0 radical (unpaired) electrons. The SMILES string of the molecule is CC(C)CN1CCC(C=O)CC1. The first-order valence-electron chi connectivity index (χ1n) is 4.90. The number of hydrogen-bond acceptors (Lipinski definition) is 2. The third kappa shape index (κ3) is 2.94. The van der Waals surface area contributed by atoms with Gasteiger partial charge in [0.15, 0.2) is 0 Å². The molecule has 0 aromatic heterocycles. The Morgan fingerprint density at radius 2 is 2.00 bits per heavy atom. The van der Waals surface area contributed by atoms with E-state index in [2.05, 4.69) is 18.7 Å². The second-order valence-corrected chi connectivity index (χ2v) is 4.17. The lowest BCUT2D eigenvalue weighted by molar-refractivity contribution is -0.112. The van der Waals surface area contributed by atoms with E-state index < -0.39 is 0 Å². The lowest BCUT2D eigenvalue weighted by Gasteiger charge is -2.30. The van der Waals surface area contributed by atoms with E-state index in [1.165, 1.54) is 6.54 Å². The zero-order valence-corrected chi connectivity index (χ0v) is 8.12. The Kier molecular flexibility index (Phi) is 3.73. The van der Waals surface area contributed by atoms with Crippen molar-refractivity contribution in [1.82, 2.24) is 4.90 Å². The number of likely N-dealkylation sites (tertiary alicyclic amines) is 1. The van der Waals surface area contributed by atoms with Crippen LogP contribution in [-0.4, -0.2) is 30.8 Å². The molecular weight excluding hydrogens is 150 g/mol. The second kappa shape index (κ2) is 4.61. The van der Waals surface area contributed by atoms with Gasteiger partial charge in [-0.1, -0.05) is 13.8 Å². The molecule has 1 aliphatic rings. The first-order valence-corrected chi connectivity index (χ1v) is 4.90. The molecule has 0 aromatic carbocycles. The van der Waals surface area contributed by atoms with E-state index in [0.717, 1.165) is 38.1 Å². The largest absolute Gasteiger partial charge is 0.303 e. The van der Waals surface area contributed by atoms with E-state index in [9.17, 15) is 4.79 Å². The summed E-state index contributed by atoms with van der Waals surface area (Å²) >= 11 is 0. The molecule has 0 aromatic rings. The molecule has 12 heavy (non-hydrogen) atoms. The molecular formula is C10H19NO. The monoisotopic (exact) mass is 169 g/mol. The molecule has 1 rings (SSSR count). The number of aldehydes is 1. The van der Waals surface area contributed by atoms with Gasteiger partial charge in [-0.05, 0) is 31.8 Å². The number of piperidine rings is 1. The van der Waals surface area contributed by atoms with E-state index >= 15 is 0 Å². The van der Waals surface area contributed by atoms with E-state index in [-0.39, 0.29) is 0 Å². The molecule has 0 spiro atoms. The van der Waals surface area contributed by atoms with Gasteiger partial charge < -0.3 is 9.69 Å². The third-order valence-electron chi connectivity index (χ3n) is 2.45. The Bertz CT molecular complexity index is 137. The average molecular weight is 169 g/mol. The summed E-state index contributed by atoms with van der Waals surface area (Å²) in [5.74, 6) is 1.09. The van der Waals surface area contributed by atoms with Crippen LogP contribution in [0, 0.1) is 11.8 Å².